The average molecular weight is 276 g/mol. The molecule has 1 aromatic rings. The van der Waals surface area contributed by atoms with E-state index < -0.39 is 0 Å². The molecule has 0 radical (unpaired) electrons. The normalized spacial score (nSPS) is 21.5. The molecule has 2 aliphatic heterocycles. The largest absolute Gasteiger partial charge is 0.304 e. The van der Waals surface area contributed by atoms with Crippen LogP contribution in [-0.4, -0.2) is 17.7 Å². The van der Waals surface area contributed by atoms with Crippen molar-refractivity contribution in [2.45, 2.75) is 32.7 Å². The number of hydrogen-bond donors (Lipinski definition) is 0. The standard InChI is InChI=1S/C15H14ClNO2/c1-8-11-7-10(16)3-4-12(11)17-13(5-6-14(17)19)15(8)9(2)18/h3-4,7,13H,5-6H2,1-2H3. The summed E-state index contributed by atoms with van der Waals surface area (Å²) in [6.45, 7) is 3.50. The molecular weight excluding hydrogens is 262 g/mol. The topological polar surface area (TPSA) is 37.4 Å². The van der Waals surface area contributed by atoms with Crippen molar-refractivity contribution in [3.63, 3.8) is 0 Å². The van der Waals surface area contributed by atoms with E-state index in [1.165, 1.54) is 0 Å². The summed E-state index contributed by atoms with van der Waals surface area (Å²) < 4.78 is 0. The van der Waals surface area contributed by atoms with Crippen LogP contribution in [0.5, 0.6) is 0 Å². The number of anilines is 1. The highest BCUT2D eigenvalue weighted by Crippen LogP contribution is 2.43. The first-order valence-electron chi connectivity index (χ1n) is 6.34. The number of Topliss-reactive ketones (excluding diaryl/α,β-unsaturated/α-hetero) is 1. The molecular formula is C15H14ClNO2. The Morgan fingerprint density at radius 2 is 2.16 bits per heavy atom. The molecule has 19 heavy (non-hydrogen) atoms. The number of allylic oxidation sites excluding steroid dienone is 1. The highest BCUT2D eigenvalue weighted by Gasteiger charge is 2.41. The summed E-state index contributed by atoms with van der Waals surface area (Å²) in [5.41, 5.74) is 3.46. The van der Waals surface area contributed by atoms with E-state index >= 15 is 0 Å². The third-order valence-corrected chi connectivity index (χ3v) is 4.19. The quantitative estimate of drug-likeness (QED) is 0.789. The van der Waals surface area contributed by atoms with Crippen LogP contribution >= 0.6 is 11.6 Å². The van der Waals surface area contributed by atoms with Crippen molar-refractivity contribution >= 4 is 34.6 Å². The Balaban J connectivity index is 2.30. The Bertz CT molecular complexity index is 633. The van der Waals surface area contributed by atoms with Crippen molar-refractivity contribution in [2.24, 2.45) is 0 Å². The molecule has 1 saturated heterocycles. The number of amides is 1. The predicted molar refractivity (Wildman–Crippen MR) is 75.2 cm³/mol. The van der Waals surface area contributed by atoms with E-state index in [-0.39, 0.29) is 17.7 Å². The number of fused-ring (bicyclic) bond motifs is 3. The molecule has 1 fully saturated rings. The van der Waals surface area contributed by atoms with Crippen LogP contribution in [0.1, 0.15) is 32.3 Å². The first-order chi connectivity index (χ1) is 9.00. The van der Waals surface area contributed by atoms with Crippen molar-refractivity contribution in [1.82, 2.24) is 0 Å². The van der Waals surface area contributed by atoms with Gasteiger partial charge in [0.15, 0.2) is 5.78 Å². The highest BCUT2D eigenvalue weighted by molar-refractivity contribution is 6.31. The van der Waals surface area contributed by atoms with E-state index in [1.54, 1.807) is 17.9 Å². The van der Waals surface area contributed by atoms with Crippen LogP contribution in [0.2, 0.25) is 5.02 Å². The molecule has 98 valence electrons. The summed E-state index contributed by atoms with van der Waals surface area (Å²) >= 11 is 6.04. The first kappa shape index (κ1) is 12.4. The lowest BCUT2D eigenvalue weighted by Crippen LogP contribution is -2.39. The zero-order chi connectivity index (χ0) is 13.7. The second-order valence-electron chi connectivity index (χ2n) is 5.07. The Kier molecular flexibility index (Phi) is 2.75. The number of carbonyl (C=O) groups excluding carboxylic acids is 2. The van der Waals surface area contributed by atoms with E-state index in [9.17, 15) is 9.59 Å². The minimum atomic E-state index is -0.0984. The molecule has 3 nitrogen and oxygen atoms in total. The average Bonchev–Trinajstić information content (AvgIpc) is 2.71. The summed E-state index contributed by atoms with van der Waals surface area (Å²) in [5, 5.41) is 0.617. The second-order valence-corrected chi connectivity index (χ2v) is 5.51. The Hall–Kier alpha value is -1.61. The SMILES string of the molecule is CC(=O)C1=C(C)c2cc(Cl)ccc2N2C(=O)CCC12. The Labute approximate surface area is 116 Å². The lowest BCUT2D eigenvalue weighted by molar-refractivity contribution is -0.117. The van der Waals surface area contributed by atoms with Gasteiger partial charge in [0.2, 0.25) is 5.91 Å². The maximum Gasteiger partial charge on any atom is 0.227 e. The van der Waals surface area contributed by atoms with Crippen LogP contribution in [0.15, 0.2) is 23.8 Å². The summed E-state index contributed by atoms with van der Waals surface area (Å²) in [7, 11) is 0. The molecule has 0 N–H and O–H groups in total. The number of nitrogens with zero attached hydrogens (tertiary/aromatic N) is 1. The molecule has 2 aliphatic rings. The van der Waals surface area contributed by atoms with Gasteiger partial charge in [-0.05, 0) is 44.0 Å². The van der Waals surface area contributed by atoms with Gasteiger partial charge in [-0.1, -0.05) is 11.6 Å². The van der Waals surface area contributed by atoms with Gasteiger partial charge in [-0.3, -0.25) is 9.59 Å². The smallest absolute Gasteiger partial charge is 0.227 e. The van der Waals surface area contributed by atoms with Crippen LogP contribution in [-0.2, 0) is 9.59 Å². The molecule has 0 spiro atoms. The molecule has 2 heterocycles. The molecule has 1 unspecified atom stereocenters. The maximum absolute atomic E-state index is 12.1. The van der Waals surface area contributed by atoms with Crippen molar-refractivity contribution in [3.05, 3.63) is 34.4 Å². The fraction of sp³-hybridized carbons (Fsp3) is 0.333. The summed E-state index contributed by atoms with van der Waals surface area (Å²) in [6.07, 6.45) is 1.21. The predicted octanol–water partition coefficient (Wildman–Crippen LogP) is 3.21. The fourth-order valence-corrected chi connectivity index (χ4v) is 3.34. The van der Waals surface area contributed by atoms with Crippen molar-refractivity contribution < 1.29 is 9.59 Å². The van der Waals surface area contributed by atoms with Gasteiger partial charge in [0.1, 0.15) is 0 Å². The third kappa shape index (κ3) is 1.72. The van der Waals surface area contributed by atoms with Gasteiger partial charge >= 0.3 is 0 Å². The van der Waals surface area contributed by atoms with Crippen molar-refractivity contribution in [2.75, 3.05) is 4.90 Å². The number of rotatable bonds is 1. The molecule has 4 heteroatoms. The molecule has 0 bridgehead atoms. The monoisotopic (exact) mass is 275 g/mol. The van der Waals surface area contributed by atoms with E-state index in [1.807, 2.05) is 19.1 Å². The van der Waals surface area contributed by atoms with Crippen LogP contribution in [0.25, 0.3) is 5.57 Å². The number of ketones is 1. The van der Waals surface area contributed by atoms with Gasteiger partial charge in [-0.25, -0.2) is 0 Å². The lowest BCUT2D eigenvalue weighted by atomic mass is 9.87. The van der Waals surface area contributed by atoms with Gasteiger partial charge in [0, 0.05) is 22.6 Å². The number of benzene rings is 1. The van der Waals surface area contributed by atoms with E-state index in [0.717, 1.165) is 22.4 Å². The molecule has 1 atom stereocenters. The van der Waals surface area contributed by atoms with Crippen LogP contribution in [0, 0.1) is 0 Å². The van der Waals surface area contributed by atoms with Crippen LogP contribution < -0.4 is 4.90 Å². The fourth-order valence-electron chi connectivity index (χ4n) is 3.17. The molecule has 0 aliphatic carbocycles. The third-order valence-electron chi connectivity index (χ3n) is 3.95. The molecule has 0 saturated carbocycles. The molecule has 0 aromatic heterocycles. The summed E-state index contributed by atoms with van der Waals surface area (Å²) in [6, 6.07) is 5.39. The highest BCUT2D eigenvalue weighted by atomic mass is 35.5. The first-order valence-corrected chi connectivity index (χ1v) is 6.72. The number of carbonyl (C=O) groups is 2. The molecule has 1 amide bonds. The van der Waals surface area contributed by atoms with Gasteiger partial charge in [0.25, 0.3) is 0 Å². The van der Waals surface area contributed by atoms with E-state index in [2.05, 4.69) is 0 Å². The van der Waals surface area contributed by atoms with Gasteiger partial charge < -0.3 is 4.90 Å². The zero-order valence-corrected chi connectivity index (χ0v) is 11.6. The number of halogens is 1. The van der Waals surface area contributed by atoms with E-state index in [4.69, 9.17) is 11.6 Å². The zero-order valence-electron chi connectivity index (χ0n) is 10.9. The minimum Gasteiger partial charge on any atom is -0.304 e. The second kappa shape index (κ2) is 4.20. The minimum absolute atomic E-state index is 0.0350. The van der Waals surface area contributed by atoms with Gasteiger partial charge in [-0.15, -0.1) is 0 Å². The van der Waals surface area contributed by atoms with Crippen LogP contribution in [0.3, 0.4) is 0 Å². The summed E-state index contributed by atoms with van der Waals surface area (Å²) in [5.74, 6) is 0.118. The lowest BCUT2D eigenvalue weighted by Gasteiger charge is -2.34. The summed E-state index contributed by atoms with van der Waals surface area (Å²) in [4.78, 5) is 25.8. The number of hydrogen-bond acceptors (Lipinski definition) is 2. The molecule has 1 aromatic carbocycles. The van der Waals surface area contributed by atoms with Gasteiger partial charge in [-0.2, -0.15) is 0 Å². The van der Waals surface area contributed by atoms with Crippen molar-refractivity contribution in [3.8, 4) is 0 Å². The Morgan fingerprint density at radius 1 is 1.42 bits per heavy atom. The van der Waals surface area contributed by atoms with E-state index in [0.29, 0.717) is 17.9 Å². The van der Waals surface area contributed by atoms with Gasteiger partial charge in [0.05, 0.1) is 11.7 Å². The molecule has 3 rings (SSSR count). The Morgan fingerprint density at radius 3 is 2.84 bits per heavy atom. The van der Waals surface area contributed by atoms with Crippen molar-refractivity contribution in [1.29, 1.82) is 0 Å². The maximum atomic E-state index is 12.1. The van der Waals surface area contributed by atoms with Crippen LogP contribution in [0.4, 0.5) is 5.69 Å².